The van der Waals surface area contributed by atoms with E-state index in [9.17, 15) is 14.7 Å². The lowest BCUT2D eigenvalue weighted by Crippen LogP contribution is -2.38. The Balaban J connectivity index is 1.41. The van der Waals surface area contributed by atoms with E-state index >= 15 is 0 Å². The third kappa shape index (κ3) is 6.31. The maximum absolute atomic E-state index is 12.9. The number of hydrogen-bond donors (Lipinski definition) is 3. The lowest BCUT2D eigenvalue weighted by Gasteiger charge is -2.26. The first-order chi connectivity index (χ1) is 16.6. The number of nitrogens with two attached hydrogens (primary N) is 1. The van der Waals surface area contributed by atoms with Gasteiger partial charge in [0.25, 0.3) is 5.91 Å². The number of hydrogen-bond acceptors (Lipinski definition) is 6. The molecule has 8 heteroatoms. The summed E-state index contributed by atoms with van der Waals surface area (Å²) < 4.78 is 5.50. The molecule has 0 spiro atoms. The van der Waals surface area contributed by atoms with E-state index < -0.39 is 5.60 Å². The summed E-state index contributed by atoms with van der Waals surface area (Å²) in [6, 6.07) is 10.00. The predicted molar refractivity (Wildman–Crippen MR) is 135 cm³/mol. The highest BCUT2D eigenvalue weighted by molar-refractivity contribution is 5.99. The molecular weight excluding hydrogens is 444 g/mol. The standard InChI is InChI=1S/C27H36N4O4/c1-27(2,3)35-26(34)31-13-12-19(16-31)17-4-6-18(7-5-17)20-14-23(24(28)29-15-20)25(33)30-21-8-10-22(32)11-9-21/h4-7,14-15,19,21-22,32H,8-13,16H2,1-3H3,(H2,28,29)(H,30,33). The molecule has 4 N–H and O–H groups in total. The van der Waals surface area contributed by atoms with E-state index in [0.717, 1.165) is 30.4 Å². The van der Waals surface area contributed by atoms with Gasteiger partial charge in [0.1, 0.15) is 11.4 Å². The number of likely N-dealkylation sites (tertiary alicyclic amines) is 1. The van der Waals surface area contributed by atoms with Crippen LogP contribution in [0.1, 0.15) is 74.7 Å². The molecule has 1 aromatic carbocycles. The second-order valence-electron chi connectivity index (χ2n) is 10.7. The molecule has 2 aliphatic rings. The third-order valence-corrected chi connectivity index (χ3v) is 6.75. The highest BCUT2D eigenvalue weighted by atomic mass is 16.6. The fourth-order valence-electron chi connectivity index (χ4n) is 4.77. The summed E-state index contributed by atoms with van der Waals surface area (Å²) in [6.45, 7) is 6.94. The van der Waals surface area contributed by atoms with Crippen molar-refractivity contribution in [3.05, 3.63) is 47.7 Å². The Bertz CT molecular complexity index is 1060. The molecule has 1 atom stereocenters. The van der Waals surface area contributed by atoms with Gasteiger partial charge in [-0.3, -0.25) is 4.79 Å². The number of carbonyl (C=O) groups is 2. The number of nitrogens with zero attached hydrogens (tertiary/aromatic N) is 2. The second-order valence-corrected chi connectivity index (χ2v) is 10.7. The molecule has 1 aromatic heterocycles. The Kier molecular flexibility index (Phi) is 7.31. The maximum atomic E-state index is 12.9. The average Bonchev–Trinajstić information content (AvgIpc) is 3.31. The highest BCUT2D eigenvalue weighted by Gasteiger charge is 2.30. The molecular formula is C27H36N4O4. The molecule has 0 bridgehead atoms. The number of rotatable bonds is 4. The molecule has 188 valence electrons. The van der Waals surface area contributed by atoms with E-state index in [4.69, 9.17) is 10.5 Å². The number of nitrogens with one attached hydrogen (secondary N) is 1. The minimum Gasteiger partial charge on any atom is -0.444 e. The molecule has 1 aliphatic heterocycles. The first-order valence-corrected chi connectivity index (χ1v) is 12.4. The highest BCUT2D eigenvalue weighted by Crippen LogP contribution is 2.31. The summed E-state index contributed by atoms with van der Waals surface area (Å²) in [7, 11) is 0. The number of aromatic nitrogens is 1. The summed E-state index contributed by atoms with van der Waals surface area (Å²) in [6.07, 6.45) is 4.94. The van der Waals surface area contributed by atoms with Crippen molar-refractivity contribution in [3.8, 4) is 11.1 Å². The summed E-state index contributed by atoms with van der Waals surface area (Å²) in [5.41, 5.74) is 8.81. The number of nitrogen functional groups attached to an aromatic ring is 1. The van der Waals surface area contributed by atoms with E-state index in [0.29, 0.717) is 31.5 Å². The van der Waals surface area contributed by atoms with Gasteiger partial charge < -0.3 is 25.8 Å². The van der Waals surface area contributed by atoms with E-state index in [2.05, 4.69) is 22.4 Å². The first kappa shape index (κ1) is 25.0. The molecule has 1 saturated heterocycles. The molecule has 2 fully saturated rings. The normalized spacial score (nSPS) is 22.6. The molecule has 2 amide bonds. The molecule has 35 heavy (non-hydrogen) atoms. The molecule has 0 radical (unpaired) electrons. The van der Waals surface area contributed by atoms with Crippen molar-refractivity contribution < 1.29 is 19.4 Å². The summed E-state index contributed by atoms with van der Waals surface area (Å²) in [4.78, 5) is 31.3. The number of benzene rings is 1. The Labute approximate surface area is 206 Å². The molecule has 1 aliphatic carbocycles. The molecule has 2 aromatic rings. The average molecular weight is 481 g/mol. The van der Waals surface area contributed by atoms with Gasteiger partial charge in [0.15, 0.2) is 0 Å². The maximum Gasteiger partial charge on any atom is 0.410 e. The van der Waals surface area contributed by atoms with Gasteiger partial charge in [-0.05, 0) is 70.1 Å². The second kappa shape index (κ2) is 10.2. The molecule has 1 saturated carbocycles. The van der Waals surface area contributed by atoms with Crippen LogP contribution in [0.4, 0.5) is 10.6 Å². The zero-order valence-electron chi connectivity index (χ0n) is 20.8. The topological polar surface area (TPSA) is 118 Å². The van der Waals surface area contributed by atoms with Crippen molar-refractivity contribution in [1.82, 2.24) is 15.2 Å². The number of anilines is 1. The van der Waals surface area contributed by atoms with Crippen molar-refractivity contribution in [3.63, 3.8) is 0 Å². The number of aliphatic hydroxyl groups excluding tert-OH is 1. The molecule has 8 nitrogen and oxygen atoms in total. The van der Waals surface area contributed by atoms with Crippen molar-refractivity contribution in [2.75, 3.05) is 18.8 Å². The van der Waals surface area contributed by atoms with Crippen LogP contribution in [0.2, 0.25) is 0 Å². The fraction of sp³-hybridized carbons (Fsp3) is 0.519. The Morgan fingerprint density at radius 3 is 2.43 bits per heavy atom. The Morgan fingerprint density at radius 1 is 1.09 bits per heavy atom. The van der Waals surface area contributed by atoms with Gasteiger partial charge >= 0.3 is 6.09 Å². The molecule has 4 rings (SSSR count). The molecule has 2 heterocycles. The summed E-state index contributed by atoms with van der Waals surface area (Å²) in [5.74, 6) is 0.228. The number of carbonyl (C=O) groups excluding carboxylic acids is 2. The number of aliphatic hydroxyl groups is 1. The quantitative estimate of drug-likeness (QED) is 0.607. The van der Waals surface area contributed by atoms with Crippen molar-refractivity contribution in [1.29, 1.82) is 0 Å². The Hall–Kier alpha value is -3.13. The number of pyridine rings is 1. The minimum atomic E-state index is -0.501. The lowest BCUT2D eigenvalue weighted by atomic mass is 9.93. The summed E-state index contributed by atoms with van der Waals surface area (Å²) in [5, 5.41) is 12.7. The van der Waals surface area contributed by atoms with Gasteiger partial charge in [0.05, 0.1) is 11.7 Å². The minimum absolute atomic E-state index is 0.0416. The van der Waals surface area contributed by atoms with Crippen LogP contribution >= 0.6 is 0 Å². The van der Waals surface area contributed by atoms with Crippen LogP contribution in [0.15, 0.2) is 36.5 Å². The Morgan fingerprint density at radius 2 is 1.77 bits per heavy atom. The van der Waals surface area contributed by atoms with Gasteiger partial charge in [-0.25, -0.2) is 9.78 Å². The van der Waals surface area contributed by atoms with Crippen molar-refractivity contribution >= 4 is 17.8 Å². The van der Waals surface area contributed by atoms with Crippen molar-refractivity contribution in [2.45, 2.75) is 76.5 Å². The van der Waals surface area contributed by atoms with E-state index in [-0.39, 0.29) is 35.9 Å². The van der Waals surface area contributed by atoms with Gasteiger partial charge in [0.2, 0.25) is 0 Å². The lowest BCUT2D eigenvalue weighted by molar-refractivity contribution is 0.0292. The van der Waals surface area contributed by atoms with Crippen LogP contribution in [0.3, 0.4) is 0 Å². The number of amides is 2. The van der Waals surface area contributed by atoms with Crippen LogP contribution in [-0.2, 0) is 4.74 Å². The number of ether oxygens (including phenoxy) is 1. The third-order valence-electron chi connectivity index (χ3n) is 6.75. The smallest absolute Gasteiger partial charge is 0.410 e. The van der Waals surface area contributed by atoms with Crippen LogP contribution in [0.5, 0.6) is 0 Å². The van der Waals surface area contributed by atoms with E-state index in [1.54, 1.807) is 17.2 Å². The van der Waals surface area contributed by atoms with Crippen LogP contribution in [-0.4, -0.2) is 57.8 Å². The predicted octanol–water partition coefficient (Wildman–Crippen LogP) is 4.09. The summed E-state index contributed by atoms with van der Waals surface area (Å²) >= 11 is 0. The van der Waals surface area contributed by atoms with E-state index in [1.165, 1.54) is 5.56 Å². The van der Waals surface area contributed by atoms with Gasteiger partial charge in [-0.2, -0.15) is 0 Å². The largest absolute Gasteiger partial charge is 0.444 e. The van der Waals surface area contributed by atoms with Gasteiger partial charge in [-0.1, -0.05) is 24.3 Å². The zero-order valence-corrected chi connectivity index (χ0v) is 20.8. The zero-order chi connectivity index (χ0) is 25.2. The first-order valence-electron chi connectivity index (χ1n) is 12.4. The fourth-order valence-corrected chi connectivity index (χ4v) is 4.77. The monoisotopic (exact) mass is 480 g/mol. The molecule has 1 unspecified atom stereocenters. The SMILES string of the molecule is CC(C)(C)OC(=O)N1CCC(c2ccc(-c3cnc(N)c(C(=O)NC4CCC(O)CC4)c3)cc2)C1. The van der Waals surface area contributed by atoms with Crippen LogP contribution in [0.25, 0.3) is 11.1 Å². The van der Waals surface area contributed by atoms with Gasteiger partial charge in [0, 0.05) is 36.8 Å². The van der Waals surface area contributed by atoms with Crippen LogP contribution in [0, 0.1) is 0 Å². The van der Waals surface area contributed by atoms with Crippen molar-refractivity contribution in [2.24, 2.45) is 0 Å². The van der Waals surface area contributed by atoms with Crippen LogP contribution < -0.4 is 11.1 Å². The van der Waals surface area contributed by atoms with Gasteiger partial charge in [-0.15, -0.1) is 0 Å². The van der Waals surface area contributed by atoms with E-state index in [1.807, 2.05) is 32.9 Å².